The van der Waals surface area contributed by atoms with Crippen LogP contribution >= 0.6 is 11.8 Å². The van der Waals surface area contributed by atoms with Gasteiger partial charge in [-0.05, 0) is 36.5 Å². The Morgan fingerprint density at radius 2 is 1.88 bits per heavy atom. The van der Waals surface area contributed by atoms with Crippen LogP contribution in [-0.2, 0) is 4.79 Å². The van der Waals surface area contributed by atoms with Gasteiger partial charge in [0.2, 0.25) is 5.91 Å². The van der Waals surface area contributed by atoms with Gasteiger partial charge in [0.05, 0.1) is 5.75 Å². The third-order valence-corrected chi connectivity index (χ3v) is 5.09. The molecule has 0 radical (unpaired) electrons. The molecule has 0 spiro atoms. The fourth-order valence-corrected chi connectivity index (χ4v) is 3.29. The molecule has 2 aromatic rings. The summed E-state index contributed by atoms with van der Waals surface area (Å²) in [6.07, 6.45) is 5.64. The van der Waals surface area contributed by atoms with Crippen molar-refractivity contribution < 1.29 is 4.79 Å². The Balaban J connectivity index is 2.01. The monoisotopic (exact) mass is 345 g/mol. The van der Waals surface area contributed by atoms with E-state index in [0.29, 0.717) is 11.7 Å². The summed E-state index contributed by atoms with van der Waals surface area (Å²) in [5, 5.41) is 3.90. The van der Waals surface area contributed by atoms with Gasteiger partial charge >= 0.3 is 0 Å². The molecule has 0 bridgehead atoms. The smallest absolute Gasteiger partial charge is 0.230 e. The van der Waals surface area contributed by atoms with Crippen LogP contribution in [0.5, 0.6) is 0 Å². The van der Waals surface area contributed by atoms with Crippen molar-refractivity contribution in [2.45, 2.75) is 57.7 Å². The van der Waals surface area contributed by atoms with Crippen LogP contribution < -0.4 is 5.32 Å². The number of carbonyl (C=O) groups excluding carboxylic acids is 1. The van der Waals surface area contributed by atoms with E-state index in [-0.39, 0.29) is 11.9 Å². The molecular weight excluding hydrogens is 318 g/mol. The summed E-state index contributed by atoms with van der Waals surface area (Å²) in [4.78, 5) is 16.5. The van der Waals surface area contributed by atoms with E-state index in [9.17, 15) is 4.79 Å². The first-order valence-electron chi connectivity index (χ1n) is 8.61. The number of nitrogens with zero attached hydrogens (tertiary/aromatic N) is 2. The molecule has 24 heavy (non-hydrogen) atoms. The topological polar surface area (TPSA) is 46.9 Å². The zero-order chi connectivity index (χ0) is 17.5. The summed E-state index contributed by atoms with van der Waals surface area (Å²) < 4.78 is 2.03. The third kappa shape index (κ3) is 4.87. The molecule has 0 aliphatic carbocycles. The van der Waals surface area contributed by atoms with Crippen LogP contribution in [0.4, 0.5) is 0 Å². The molecule has 130 valence electrons. The van der Waals surface area contributed by atoms with E-state index in [4.69, 9.17) is 0 Å². The molecule has 0 fully saturated rings. The molecule has 1 aromatic heterocycles. The number of aromatic nitrogens is 2. The SMILES string of the molecule is CCC(CC)NC(=O)CSc1nccn1-c1ccc(C(C)C)cc1. The number of carbonyl (C=O) groups is 1. The van der Waals surface area contributed by atoms with Crippen molar-refractivity contribution >= 4 is 17.7 Å². The maximum Gasteiger partial charge on any atom is 0.230 e. The molecule has 1 aromatic carbocycles. The number of rotatable bonds is 8. The third-order valence-electron chi connectivity index (χ3n) is 4.13. The first kappa shape index (κ1) is 18.6. The van der Waals surface area contributed by atoms with Crippen LogP contribution in [-0.4, -0.2) is 27.3 Å². The average molecular weight is 346 g/mol. The van der Waals surface area contributed by atoms with E-state index in [1.165, 1.54) is 17.3 Å². The van der Waals surface area contributed by atoms with Gasteiger partial charge < -0.3 is 5.32 Å². The van der Waals surface area contributed by atoms with Crippen LogP contribution in [0.15, 0.2) is 41.8 Å². The highest BCUT2D eigenvalue weighted by atomic mass is 32.2. The standard InChI is InChI=1S/C19H27N3OS/c1-5-16(6-2)21-18(23)13-24-19-20-11-12-22(19)17-9-7-15(8-10-17)14(3)4/h7-12,14,16H,5-6,13H2,1-4H3,(H,21,23). The molecule has 0 aliphatic rings. The minimum absolute atomic E-state index is 0.0680. The summed E-state index contributed by atoms with van der Waals surface area (Å²) >= 11 is 1.47. The van der Waals surface area contributed by atoms with Gasteiger partial charge in [0.25, 0.3) is 0 Å². The molecule has 1 heterocycles. The lowest BCUT2D eigenvalue weighted by atomic mass is 10.0. The highest BCUT2D eigenvalue weighted by Gasteiger charge is 2.12. The second kappa shape index (κ2) is 8.92. The van der Waals surface area contributed by atoms with Crippen LogP contribution in [0.3, 0.4) is 0 Å². The largest absolute Gasteiger partial charge is 0.353 e. The number of thioether (sulfide) groups is 1. The van der Waals surface area contributed by atoms with Gasteiger partial charge in [-0.1, -0.05) is 51.6 Å². The van der Waals surface area contributed by atoms with Gasteiger partial charge in [-0.15, -0.1) is 0 Å². The molecule has 1 N–H and O–H groups in total. The Bertz CT molecular complexity index is 645. The molecule has 0 atom stereocenters. The first-order valence-corrected chi connectivity index (χ1v) is 9.59. The number of hydrogen-bond donors (Lipinski definition) is 1. The van der Waals surface area contributed by atoms with Crippen molar-refractivity contribution in [3.05, 3.63) is 42.2 Å². The van der Waals surface area contributed by atoms with Crippen molar-refractivity contribution in [2.75, 3.05) is 5.75 Å². The van der Waals surface area contributed by atoms with E-state index in [2.05, 4.69) is 62.3 Å². The van der Waals surface area contributed by atoms with Crippen molar-refractivity contribution in [3.8, 4) is 5.69 Å². The molecule has 0 saturated carbocycles. The van der Waals surface area contributed by atoms with E-state index in [1.807, 2.05) is 10.8 Å². The second-order valence-electron chi connectivity index (χ2n) is 6.20. The van der Waals surface area contributed by atoms with Crippen molar-refractivity contribution in [2.24, 2.45) is 0 Å². The highest BCUT2D eigenvalue weighted by Crippen LogP contribution is 2.22. The van der Waals surface area contributed by atoms with Gasteiger partial charge in [-0.3, -0.25) is 9.36 Å². The summed E-state index contributed by atoms with van der Waals surface area (Å²) in [5.41, 5.74) is 2.39. The fourth-order valence-electron chi connectivity index (χ4n) is 2.51. The van der Waals surface area contributed by atoms with Gasteiger partial charge in [0.1, 0.15) is 0 Å². The molecule has 0 aliphatic heterocycles. The first-order chi connectivity index (χ1) is 11.5. The minimum atomic E-state index is 0.0680. The normalized spacial score (nSPS) is 11.2. The Morgan fingerprint density at radius 1 is 1.21 bits per heavy atom. The maximum absolute atomic E-state index is 12.1. The Labute approximate surface area is 149 Å². The predicted octanol–water partition coefficient (Wildman–Crippen LogP) is 4.39. The van der Waals surface area contributed by atoms with Gasteiger partial charge in [0.15, 0.2) is 5.16 Å². The zero-order valence-electron chi connectivity index (χ0n) is 15.0. The van der Waals surface area contributed by atoms with Crippen LogP contribution in [0.1, 0.15) is 52.0 Å². The molecular formula is C19H27N3OS. The lowest BCUT2D eigenvalue weighted by Crippen LogP contribution is -2.35. The van der Waals surface area contributed by atoms with Gasteiger partial charge in [-0.25, -0.2) is 4.98 Å². The van der Waals surface area contributed by atoms with Gasteiger partial charge in [0, 0.05) is 24.1 Å². The molecule has 0 saturated heterocycles. The maximum atomic E-state index is 12.1. The number of amides is 1. The van der Waals surface area contributed by atoms with Crippen LogP contribution in [0, 0.1) is 0 Å². The van der Waals surface area contributed by atoms with Crippen molar-refractivity contribution in [1.82, 2.24) is 14.9 Å². The molecule has 2 rings (SSSR count). The lowest BCUT2D eigenvalue weighted by Gasteiger charge is -2.14. The van der Waals surface area contributed by atoms with Crippen LogP contribution in [0.25, 0.3) is 5.69 Å². The average Bonchev–Trinajstić information content (AvgIpc) is 3.06. The molecule has 4 nitrogen and oxygen atoms in total. The number of nitrogens with one attached hydrogen (secondary N) is 1. The summed E-state index contributed by atoms with van der Waals surface area (Å²) in [6, 6.07) is 8.76. The fraction of sp³-hybridized carbons (Fsp3) is 0.474. The van der Waals surface area contributed by atoms with E-state index >= 15 is 0 Å². The highest BCUT2D eigenvalue weighted by molar-refractivity contribution is 7.99. The Kier molecular flexibility index (Phi) is 6.91. The lowest BCUT2D eigenvalue weighted by molar-refractivity contribution is -0.119. The quantitative estimate of drug-likeness (QED) is 0.722. The van der Waals surface area contributed by atoms with E-state index < -0.39 is 0 Å². The van der Waals surface area contributed by atoms with Gasteiger partial charge in [-0.2, -0.15) is 0 Å². The summed E-state index contributed by atoms with van der Waals surface area (Å²) in [5.74, 6) is 0.972. The molecule has 1 amide bonds. The zero-order valence-corrected chi connectivity index (χ0v) is 15.8. The minimum Gasteiger partial charge on any atom is -0.353 e. The Hall–Kier alpha value is -1.75. The summed E-state index contributed by atoms with van der Waals surface area (Å²) in [6.45, 7) is 8.56. The predicted molar refractivity (Wildman–Crippen MR) is 101 cm³/mol. The van der Waals surface area contributed by atoms with E-state index in [0.717, 1.165) is 23.7 Å². The second-order valence-corrected chi connectivity index (χ2v) is 7.14. The number of hydrogen-bond acceptors (Lipinski definition) is 3. The molecule has 0 unspecified atom stereocenters. The van der Waals surface area contributed by atoms with Crippen molar-refractivity contribution in [1.29, 1.82) is 0 Å². The van der Waals surface area contributed by atoms with E-state index in [1.54, 1.807) is 6.20 Å². The van der Waals surface area contributed by atoms with Crippen LogP contribution in [0.2, 0.25) is 0 Å². The Morgan fingerprint density at radius 3 is 2.46 bits per heavy atom. The summed E-state index contributed by atoms with van der Waals surface area (Å²) in [7, 11) is 0. The molecule has 5 heteroatoms. The number of imidazole rings is 1. The number of benzene rings is 1. The van der Waals surface area contributed by atoms with Crippen molar-refractivity contribution in [3.63, 3.8) is 0 Å².